The summed E-state index contributed by atoms with van der Waals surface area (Å²) in [5.74, 6) is 2.20. The van der Waals surface area contributed by atoms with Crippen molar-refractivity contribution in [1.29, 1.82) is 5.26 Å². The summed E-state index contributed by atoms with van der Waals surface area (Å²) < 4.78 is 6.21. The van der Waals surface area contributed by atoms with Gasteiger partial charge in [0.15, 0.2) is 0 Å². The van der Waals surface area contributed by atoms with Crippen LogP contribution in [0.3, 0.4) is 0 Å². The van der Waals surface area contributed by atoms with Crippen LogP contribution in [0.15, 0.2) is 110 Å². The molecule has 4 heterocycles. The maximum Gasteiger partial charge on any atom is 0.231 e. The molecule has 0 bridgehead atoms. The van der Waals surface area contributed by atoms with Gasteiger partial charge in [0.25, 0.3) is 0 Å². The molecule has 0 unspecified atom stereocenters. The lowest BCUT2D eigenvalue weighted by Gasteiger charge is -2.36. The van der Waals surface area contributed by atoms with E-state index in [0.717, 1.165) is 63.5 Å². The number of anilines is 9. The van der Waals surface area contributed by atoms with E-state index in [2.05, 4.69) is 91.0 Å². The first-order valence-electron chi connectivity index (χ1n) is 20.5. The summed E-state index contributed by atoms with van der Waals surface area (Å²) in [5.41, 5.74) is 5.37. The second-order valence-electron chi connectivity index (χ2n) is 15.0. The molecule has 2 aliphatic heterocycles. The predicted octanol–water partition coefficient (Wildman–Crippen LogP) is 6.46. The Balaban J connectivity index is 0.772. The van der Waals surface area contributed by atoms with Crippen molar-refractivity contribution in [2.24, 2.45) is 0 Å². The second-order valence-corrected chi connectivity index (χ2v) is 15.0. The third kappa shape index (κ3) is 11.0. The highest BCUT2D eigenvalue weighted by Gasteiger charge is 2.23. The monoisotopic (exact) mass is 830 g/mol. The zero-order chi connectivity index (χ0) is 42.7. The van der Waals surface area contributed by atoms with Crippen LogP contribution in [0.5, 0.6) is 5.75 Å². The van der Waals surface area contributed by atoms with Crippen LogP contribution in [0.25, 0.3) is 0 Å². The molecule has 62 heavy (non-hydrogen) atoms. The largest absolute Gasteiger partial charge is 0.490 e. The number of benzene rings is 4. The van der Waals surface area contributed by atoms with Gasteiger partial charge in [0.05, 0.1) is 11.6 Å². The van der Waals surface area contributed by atoms with Crippen LogP contribution in [0.1, 0.15) is 36.8 Å². The van der Waals surface area contributed by atoms with Crippen LogP contribution in [0.4, 0.5) is 52.2 Å². The summed E-state index contributed by atoms with van der Waals surface area (Å²) in [5, 5.41) is 21.3. The Labute approximate surface area is 359 Å². The zero-order valence-corrected chi connectivity index (χ0v) is 34.2. The van der Waals surface area contributed by atoms with Crippen LogP contribution < -0.4 is 40.7 Å². The third-order valence-corrected chi connectivity index (χ3v) is 10.4. The summed E-state index contributed by atoms with van der Waals surface area (Å²) in [7, 11) is 0. The van der Waals surface area contributed by atoms with Crippen molar-refractivity contribution in [3.8, 4) is 11.8 Å². The average Bonchev–Trinajstić information content (AvgIpc) is 3.29. The van der Waals surface area contributed by atoms with Crippen molar-refractivity contribution in [2.45, 2.75) is 38.7 Å². The molecule has 4 N–H and O–H groups in total. The van der Waals surface area contributed by atoms with Gasteiger partial charge in [-0.1, -0.05) is 24.3 Å². The molecule has 6 aromatic rings. The molecule has 8 rings (SSSR count). The second kappa shape index (κ2) is 19.5. The van der Waals surface area contributed by atoms with Crippen molar-refractivity contribution in [1.82, 2.24) is 29.9 Å². The minimum atomic E-state index is -0.302. The lowest BCUT2D eigenvalue weighted by atomic mass is 10.1. The number of aryl methyl sites for hydroxylation is 1. The van der Waals surface area contributed by atoms with Crippen molar-refractivity contribution in [3.05, 3.63) is 121 Å². The molecule has 2 amide bonds. The summed E-state index contributed by atoms with van der Waals surface area (Å²) in [6.45, 7) is 6.59. The fraction of sp³-hybridized carbons (Fsp3) is 0.267. The van der Waals surface area contributed by atoms with Gasteiger partial charge in [-0.3, -0.25) is 9.59 Å². The van der Waals surface area contributed by atoms with E-state index in [4.69, 9.17) is 10.00 Å². The zero-order valence-electron chi connectivity index (χ0n) is 34.2. The Kier molecular flexibility index (Phi) is 12.8. The standard InChI is InChI=1S/C45H46N14O3/c1-31-5-2-10-39(25-31)62-38-17-19-58(20-18-38)44-49-29-47-42(55-44)53-35-8-3-6-33(26-35)51-40(60)15-16-41(61)52-34-7-4-9-36(27-34)54-43-48-30-50-45(56-43)59-23-21-57(22-24-59)37-13-11-32(28-46)12-14-37/h2-14,25-27,29-30,38H,15-24H2,1H3,(H,51,60)(H,52,61)(H,47,49,53,55)(H,48,50,54,56). The maximum atomic E-state index is 12.9. The minimum absolute atomic E-state index is 0.0135. The van der Waals surface area contributed by atoms with E-state index >= 15 is 0 Å². The number of aromatic nitrogens is 6. The summed E-state index contributed by atoms with van der Waals surface area (Å²) >= 11 is 0. The number of carbonyl (C=O) groups is 2. The Morgan fingerprint density at radius 2 is 1.16 bits per heavy atom. The molecule has 2 aromatic heterocycles. The molecular formula is C45H46N14O3. The Morgan fingerprint density at radius 1 is 0.645 bits per heavy atom. The smallest absolute Gasteiger partial charge is 0.231 e. The number of nitrogens with one attached hydrogen (secondary N) is 4. The average molecular weight is 831 g/mol. The fourth-order valence-electron chi connectivity index (χ4n) is 7.25. The quantitative estimate of drug-likeness (QED) is 0.0931. The number of nitriles is 1. The van der Waals surface area contributed by atoms with Crippen LogP contribution in [0.2, 0.25) is 0 Å². The number of hydrogen-bond acceptors (Lipinski definition) is 15. The van der Waals surface area contributed by atoms with E-state index in [-0.39, 0.29) is 30.8 Å². The molecule has 0 saturated carbocycles. The van der Waals surface area contributed by atoms with Crippen LogP contribution >= 0.6 is 0 Å². The number of ether oxygens (including phenoxy) is 1. The lowest BCUT2D eigenvalue weighted by Crippen LogP contribution is -2.47. The number of hydrogen-bond donors (Lipinski definition) is 4. The number of amides is 2. The van der Waals surface area contributed by atoms with E-state index in [0.29, 0.717) is 52.1 Å². The molecule has 17 nitrogen and oxygen atoms in total. The predicted molar refractivity (Wildman–Crippen MR) is 238 cm³/mol. The first kappa shape index (κ1) is 40.9. The van der Waals surface area contributed by atoms with Crippen LogP contribution in [0, 0.1) is 18.3 Å². The Hall–Kier alpha value is -7.87. The normalized spacial score (nSPS) is 14.1. The topological polar surface area (TPSA) is 202 Å². The van der Waals surface area contributed by atoms with Gasteiger partial charge in [0.1, 0.15) is 24.5 Å². The highest BCUT2D eigenvalue weighted by molar-refractivity contribution is 5.97. The molecule has 0 atom stereocenters. The van der Waals surface area contributed by atoms with E-state index in [9.17, 15) is 9.59 Å². The van der Waals surface area contributed by atoms with Gasteiger partial charge >= 0.3 is 0 Å². The molecule has 2 saturated heterocycles. The Morgan fingerprint density at radius 3 is 1.71 bits per heavy atom. The van der Waals surface area contributed by atoms with E-state index < -0.39 is 0 Å². The van der Waals surface area contributed by atoms with Gasteiger partial charge in [0.2, 0.25) is 35.6 Å². The van der Waals surface area contributed by atoms with E-state index in [1.807, 2.05) is 54.6 Å². The molecule has 2 fully saturated rings. The van der Waals surface area contributed by atoms with Gasteiger partial charge in [0, 0.05) is 93.4 Å². The molecule has 4 aromatic carbocycles. The van der Waals surface area contributed by atoms with E-state index in [1.54, 1.807) is 30.3 Å². The van der Waals surface area contributed by atoms with Crippen LogP contribution in [-0.2, 0) is 9.59 Å². The van der Waals surface area contributed by atoms with Crippen molar-refractivity contribution < 1.29 is 14.3 Å². The fourth-order valence-corrected chi connectivity index (χ4v) is 7.25. The SMILES string of the molecule is Cc1cccc(OC2CCN(c3ncnc(Nc4cccc(NC(=O)CCC(=O)Nc5cccc(Nc6ncnc(N7CCN(c8ccc(C#N)cc8)CC7)n6)c5)c4)n3)CC2)c1. The lowest BCUT2D eigenvalue weighted by molar-refractivity contribution is -0.121. The van der Waals surface area contributed by atoms with Crippen molar-refractivity contribution in [3.63, 3.8) is 0 Å². The van der Waals surface area contributed by atoms with Crippen LogP contribution in [-0.4, -0.2) is 87.1 Å². The molecule has 314 valence electrons. The minimum Gasteiger partial charge on any atom is -0.490 e. The molecule has 0 radical (unpaired) electrons. The highest BCUT2D eigenvalue weighted by Crippen LogP contribution is 2.25. The van der Waals surface area contributed by atoms with Gasteiger partial charge in [-0.2, -0.15) is 15.2 Å². The number of carbonyl (C=O) groups excluding carboxylic acids is 2. The summed E-state index contributed by atoms with van der Waals surface area (Å²) in [4.78, 5) is 59.0. The third-order valence-electron chi connectivity index (χ3n) is 10.4. The Bertz CT molecular complexity index is 2530. The number of piperazine rings is 1. The number of nitrogens with zero attached hydrogens (tertiary/aromatic N) is 10. The maximum absolute atomic E-state index is 12.9. The van der Waals surface area contributed by atoms with Crippen molar-refractivity contribution in [2.75, 3.05) is 75.2 Å². The first-order chi connectivity index (χ1) is 30.3. The van der Waals surface area contributed by atoms with Gasteiger partial charge in [-0.15, -0.1) is 0 Å². The van der Waals surface area contributed by atoms with Gasteiger partial charge in [-0.25, -0.2) is 19.9 Å². The highest BCUT2D eigenvalue weighted by atomic mass is 16.5. The summed E-state index contributed by atoms with van der Waals surface area (Å²) in [6.07, 6.45) is 4.77. The molecule has 0 aliphatic carbocycles. The number of piperidine rings is 1. The van der Waals surface area contributed by atoms with Gasteiger partial charge in [-0.05, 0) is 85.3 Å². The van der Waals surface area contributed by atoms with Crippen molar-refractivity contribution >= 4 is 64.0 Å². The molecular weight excluding hydrogens is 785 g/mol. The van der Waals surface area contributed by atoms with E-state index in [1.165, 1.54) is 18.2 Å². The summed E-state index contributed by atoms with van der Waals surface area (Å²) in [6, 6.07) is 32.3. The first-order valence-corrected chi connectivity index (χ1v) is 20.5. The number of rotatable bonds is 14. The molecule has 17 heteroatoms. The molecule has 0 spiro atoms. The van der Waals surface area contributed by atoms with Gasteiger partial charge < -0.3 is 40.7 Å². The molecule has 2 aliphatic rings.